The molecule has 0 fully saturated rings. The first kappa shape index (κ1) is 13.5. The molecule has 0 atom stereocenters. The summed E-state index contributed by atoms with van der Waals surface area (Å²) < 4.78 is 6.27. The van der Waals surface area contributed by atoms with Crippen molar-refractivity contribution in [2.45, 2.75) is 32.6 Å². The van der Waals surface area contributed by atoms with Crippen molar-refractivity contribution in [1.82, 2.24) is 0 Å². The molecule has 0 saturated heterocycles. The fourth-order valence-corrected chi connectivity index (χ4v) is 1.73. The number of ether oxygens (including phenoxy) is 1. The van der Waals surface area contributed by atoms with Crippen LogP contribution in [0.2, 0.25) is 0 Å². The maximum Gasteiger partial charge on any atom is 0.305 e. The van der Waals surface area contributed by atoms with Gasteiger partial charge in [-0.3, -0.25) is 4.79 Å². The largest absolute Gasteiger partial charge is 0.466 e. The highest BCUT2D eigenvalue weighted by molar-refractivity contribution is 14.1. The van der Waals surface area contributed by atoms with Gasteiger partial charge in [-0.15, -0.1) is 0 Å². The number of hydrogen-bond donors (Lipinski definition) is 0. The highest BCUT2D eigenvalue weighted by Gasteiger charge is 1.98. The van der Waals surface area contributed by atoms with Gasteiger partial charge in [0.2, 0.25) is 0 Å². The van der Waals surface area contributed by atoms with Gasteiger partial charge in [0, 0.05) is 9.99 Å². The smallest absolute Gasteiger partial charge is 0.305 e. The fourth-order valence-electron chi connectivity index (χ4n) is 1.37. The van der Waals surface area contributed by atoms with Crippen molar-refractivity contribution in [2.75, 3.05) is 6.61 Å². The van der Waals surface area contributed by atoms with Crippen LogP contribution >= 0.6 is 22.6 Å². The van der Waals surface area contributed by atoms with E-state index < -0.39 is 0 Å². The van der Waals surface area contributed by atoms with E-state index in [1.54, 1.807) is 0 Å². The highest BCUT2D eigenvalue weighted by Crippen LogP contribution is 2.09. The van der Waals surface area contributed by atoms with Crippen LogP contribution in [0.3, 0.4) is 0 Å². The van der Waals surface area contributed by atoms with Crippen LogP contribution in [-0.2, 0) is 16.0 Å². The second-order valence-electron chi connectivity index (χ2n) is 3.66. The summed E-state index contributed by atoms with van der Waals surface area (Å²) in [6.45, 7) is 2.37. The molecule has 0 N–H and O–H groups in total. The molecule has 1 aromatic carbocycles. The third-order valence-corrected chi connectivity index (χ3v) is 3.04. The van der Waals surface area contributed by atoms with Crippen molar-refractivity contribution in [3.8, 4) is 0 Å². The molecular formula is C13H17IO2. The van der Waals surface area contributed by atoms with Crippen molar-refractivity contribution in [3.63, 3.8) is 0 Å². The van der Waals surface area contributed by atoms with Crippen molar-refractivity contribution < 1.29 is 9.53 Å². The molecule has 1 aromatic rings. The highest BCUT2D eigenvalue weighted by atomic mass is 127. The van der Waals surface area contributed by atoms with E-state index in [-0.39, 0.29) is 5.97 Å². The number of aryl methyl sites for hydroxylation is 1. The summed E-state index contributed by atoms with van der Waals surface area (Å²) in [5.41, 5.74) is 1.35. The van der Waals surface area contributed by atoms with E-state index in [0.29, 0.717) is 13.0 Å². The molecule has 0 amide bonds. The number of esters is 1. The lowest BCUT2D eigenvalue weighted by Gasteiger charge is -2.03. The van der Waals surface area contributed by atoms with Crippen LogP contribution in [-0.4, -0.2) is 12.6 Å². The number of benzene rings is 1. The number of carbonyl (C=O) groups is 1. The zero-order valence-corrected chi connectivity index (χ0v) is 11.7. The summed E-state index contributed by atoms with van der Waals surface area (Å²) in [6, 6.07) is 8.54. The molecule has 0 unspecified atom stereocenters. The van der Waals surface area contributed by atoms with E-state index in [1.165, 1.54) is 9.13 Å². The third kappa shape index (κ3) is 5.49. The first-order valence-corrected chi connectivity index (χ1v) is 6.70. The summed E-state index contributed by atoms with van der Waals surface area (Å²) in [4.78, 5) is 10.9. The maximum absolute atomic E-state index is 10.9. The Bertz CT molecular complexity index is 319. The molecule has 2 nitrogen and oxygen atoms in total. The summed E-state index contributed by atoms with van der Waals surface area (Å²) in [5, 5.41) is 0. The number of rotatable bonds is 6. The van der Waals surface area contributed by atoms with Gasteiger partial charge in [-0.25, -0.2) is 0 Å². The number of carbonyl (C=O) groups excluding carboxylic acids is 1. The van der Waals surface area contributed by atoms with E-state index in [2.05, 4.69) is 46.9 Å². The number of hydrogen-bond acceptors (Lipinski definition) is 2. The molecule has 0 spiro atoms. The molecule has 16 heavy (non-hydrogen) atoms. The van der Waals surface area contributed by atoms with E-state index >= 15 is 0 Å². The van der Waals surface area contributed by atoms with Crippen LogP contribution in [0.5, 0.6) is 0 Å². The molecule has 1 rings (SSSR count). The van der Waals surface area contributed by atoms with Crippen LogP contribution in [0.1, 0.15) is 31.7 Å². The van der Waals surface area contributed by atoms with Gasteiger partial charge in [-0.05, 0) is 59.5 Å². The molecule has 0 aliphatic heterocycles. The van der Waals surface area contributed by atoms with E-state index in [0.717, 1.165) is 19.3 Å². The van der Waals surface area contributed by atoms with Gasteiger partial charge in [0.1, 0.15) is 0 Å². The Morgan fingerprint density at radius 3 is 2.56 bits per heavy atom. The molecule has 0 aromatic heterocycles. The topological polar surface area (TPSA) is 26.3 Å². The Balaban J connectivity index is 2.11. The summed E-state index contributed by atoms with van der Waals surface area (Å²) in [7, 11) is 0. The van der Waals surface area contributed by atoms with Crippen LogP contribution in [0.15, 0.2) is 24.3 Å². The molecule has 0 aliphatic rings. The fraction of sp³-hybridized carbons (Fsp3) is 0.462. The van der Waals surface area contributed by atoms with Crippen molar-refractivity contribution in [1.29, 1.82) is 0 Å². The quantitative estimate of drug-likeness (QED) is 0.452. The lowest BCUT2D eigenvalue weighted by Crippen LogP contribution is -2.04. The summed E-state index contributed by atoms with van der Waals surface area (Å²) in [5.74, 6) is -0.103. The maximum atomic E-state index is 10.9. The first-order valence-electron chi connectivity index (χ1n) is 5.62. The first-order chi connectivity index (χ1) is 7.72. The number of unbranched alkanes of at least 4 members (excludes halogenated alkanes) is 1. The van der Waals surface area contributed by atoms with Crippen LogP contribution in [0, 0.1) is 3.57 Å². The van der Waals surface area contributed by atoms with Gasteiger partial charge in [0.15, 0.2) is 0 Å². The molecular weight excluding hydrogens is 315 g/mol. The van der Waals surface area contributed by atoms with Gasteiger partial charge >= 0.3 is 5.97 Å². The third-order valence-electron chi connectivity index (χ3n) is 2.32. The van der Waals surface area contributed by atoms with Crippen molar-refractivity contribution in [3.05, 3.63) is 33.4 Å². The lowest BCUT2D eigenvalue weighted by atomic mass is 10.1. The molecule has 3 heteroatoms. The van der Waals surface area contributed by atoms with Gasteiger partial charge in [0.05, 0.1) is 6.61 Å². The lowest BCUT2D eigenvalue weighted by molar-refractivity contribution is -0.143. The SMILES string of the molecule is CCC(=O)OCCCCc1ccc(I)cc1. The minimum Gasteiger partial charge on any atom is -0.466 e. The second-order valence-corrected chi connectivity index (χ2v) is 4.90. The predicted molar refractivity (Wildman–Crippen MR) is 73.3 cm³/mol. The zero-order valence-electron chi connectivity index (χ0n) is 9.54. The molecule has 88 valence electrons. The zero-order chi connectivity index (χ0) is 11.8. The minimum atomic E-state index is -0.103. The van der Waals surface area contributed by atoms with Crippen LogP contribution in [0.25, 0.3) is 0 Å². The Labute approximate surface area is 111 Å². The van der Waals surface area contributed by atoms with Crippen LogP contribution in [0.4, 0.5) is 0 Å². The van der Waals surface area contributed by atoms with Crippen molar-refractivity contribution in [2.24, 2.45) is 0 Å². The molecule has 0 bridgehead atoms. The Hall–Kier alpha value is -0.580. The van der Waals surface area contributed by atoms with Crippen LogP contribution < -0.4 is 0 Å². The molecule has 0 saturated carbocycles. The molecule has 0 heterocycles. The Morgan fingerprint density at radius 2 is 1.94 bits per heavy atom. The number of halogens is 1. The molecule has 0 aliphatic carbocycles. The van der Waals surface area contributed by atoms with E-state index in [1.807, 2.05) is 6.92 Å². The Kier molecular flexibility index (Phi) is 6.45. The van der Waals surface area contributed by atoms with E-state index in [4.69, 9.17) is 4.74 Å². The van der Waals surface area contributed by atoms with Crippen molar-refractivity contribution >= 4 is 28.6 Å². The predicted octanol–water partition coefficient (Wildman–Crippen LogP) is 3.57. The average Bonchev–Trinajstić information content (AvgIpc) is 2.31. The average molecular weight is 332 g/mol. The second kappa shape index (κ2) is 7.65. The summed E-state index contributed by atoms with van der Waals surface area (Å²) >= 11 is 2.30. The monoisotopic (exact) mass is 332 g/mol. The van der Waals surface area contributed by atoms with Gasteiger partial charge in [-0.2, -0.15) is 0 Å². The standard InChI is InChI=1S/C13H17IO2/c1-2-13(15)16-10-4-3-5-11-6-8-12(14)9-7-11/h6-9H,2-5,10H2,1H3. The van der Waals surface area contributed by atoms with Gasteiger partial charge in [0.25, 0.3) is 0 Å². The normalized spacial score (nSPS) is 10.1. The van der Waals surface area contributed by atoms with Gasteiger partial charge in [-0.1, -0.05) is 19.1 Å². The summed E-state index contributed by atoms with van der Waals surface area (Å²) in [6.07, 6.45) is 3.53. The van der Waals surface area contributed by atoms with E-state index in [9.17, 15) is 4.79 Å². The minimum absolute atomic E-state index is 0.103. The van der Waals surface area contributed by atoms with Gasteiger partial charge < -0.3 is 4.74 Å². The molecule has 0 radical (unpaired) electrons. The Morgan fingerprint density at radius 1 is 1.25 bits per heavy atom.